The van der Waals surface area contributed by atoms with Crippen molar-refractivity contribution in [1.82, 2.24) is 0 Å². The first-order valence-electron chi connectivity index (χ1n) is 8.04. The van der Waals surface area contributed by atoms with Crippen LogP contribution in [0, 0.1) is 20.2 Å². The van der Waals surface area contributed by atoms with Crippen molar-refractivity contribution in [1.29, 1.82) is 0 Å². The van der Waals surface area contributed by atoms with Crippen molar-refractivity contribution in [3.63, 3.8) is 0 Å². The quantitative estimate of drug-likeness (QED) is 0.410. The number of amides is 1. The van der Waals surface area contributed by atoms with E-state index in [0.717, 1.165) is 11.3 Å². The number of para-hydroxylation sites is 2. The molecule has 9 nitrogen and oxygen atoms in total. The number of carbonyl (C=O) groups is 1. The van der Waals surface area contributed by atoms with E-state index in [2.05, 4.69) is 5.32 Å². The van der Waals surface area contributed by atoms with Crippen LogP contribution in [0.15, 0.2) is 53.9 Å². The summed E-state index contributed by atoms with van der Waals surface area (Å²) in [7, 11) is 0. The van der Waals surface area contributed by atoms with Crippen molar-refractivity contribution in [2.24, 2.45) is 0 Å². The number of ether oxygens (including phenoxy) is 1. The molecule has 1 amide bonds. The molecule has 1 N–H and O–H groups in total. The van der Waals surface area contributed by atoms with Gasteiger partial charge in [-0.15, -0.1) is 11.3 Å². The van der Waals surface area contributed by atoms with Gasteiger partial charge < -0.3 is 10.1 Å². The molecule has 0 fully saturated rings. The number of nitrogens with one attached hydrogen (secondary N) is 1. The van der Waals surface area contributed by atoms with E-state index in [-0.39, 0.29) is 34.4 Å². The van der Waals surface area contributed by atoms with E-state index < -0.39 is 15.8 Å². The van der Waals surface area contributed by atoms with Gasteiger partial charge in [-0.3, -0.25) is 25.0 Å². The number of nitro groups is 2. The zero-order chi connectivity index (χ0) is 21.0. The fourth-order valence-corrected chi connectivity index (χ4v) is 3.32. The van der Waals surface area contributed by atoms with Gasteiger partial charge in [0.1, 0.15) is 6.61 Å². The van der Waals surface area contributed by atoms with Gasteiger partial charge >= 0.3 is 5.69 Å². The van der Waals surface area contributed by atoms with E-state index >= 15 is 0 Å². The second kappa shape index (κ2) is 8.67. The minimum atomic E-state index is -0.588. The van der Waals surface area contributed by atoms with Crippen LogP contribution in [0.2, 0.25) is 5.02 Å². The highest BCUT2D eigenvalue weighted by molar-refractivity contribution is 7.12. The molecule has 3 rings (SSSR count). The minimum absolute atomic E-state index is 0.0339. The van der Waals surface area contributed by atoms with Crippen molar-refractivity contribution in [3.8, 4) is 5.75 Å². The topological polar surface area (TPSA) is 125 Å². The number of nitro benzene ring substituents is 2. The molecule has 0 saturated carbocycles. The number of halogens is 1. The molecule has 0 atom stereocenters. The van der Waals surface area contributed by atoms with E-state index in [9.17, 15) is 25.0 Å². The van der Waals surface area contributed by atoms with Crippen LogP contribution in [0.4, 0.5) is 17.1 Å². The molecule has 0 aliphatic rings. The lowest BCUT2D eigenvalue weighted by molar-refractivity contribution is -0.386. The van der Waals surface area contributed by atoms with Crippen LogP contribution in [0.1, 0.15) is 15.2 Å². The summed E-state index contributed by atoms with van der Waals surface area (Å²) in [6.07, 6.45) is 0. The van der Waals surface area contributed by atoms with Gasteiger partial charge in [-0.25, -0.2) is 0 Å². The second-order valence-electron chi connectivity index (χ2n) is 5.71. The van der Waals surface area contributed by atoms with Crippen molar-refractivity contribution < 1.29 is 19.4 Å². The van der Waals surface area contributed by atoms with Crippen LogP contribution in [-0.2, 0) is 6.61 Å². The predicted molar refractivity (Wildman–Crippen MR) is 108 cm³/mol. The molecule has 2 aromatic carbocycles. The highest BCUT2D eigenvalue weighted by atomic mass is 35.5. The van der Waals surface area contributed by atoms with Gasteiger partial charge in [-0.05, 0) is 23.6 Å². The van der Waals surface area contributed by atoms with Gasteiger partial charge in [0.15, 0.2) is 5.75 Å². The third-order valence-corrected chi connectivity index (χ3v) is 5.05. The number of thiophene rings is 1. The van der Waals surface area contributed by atoms with Crippen molar-refractivity contribution in [2.75, 3.05) is 5.32 Å². The molecule has 1 aromatic heterocycles. The maximum absolute atomic E-state index is 12.4. The fourth-order valence-electron chi connectivity index (χ4n) is 2.37. The third-order valence-electron chi connectivity index (χ3n) is 3.74. The monoisotopic (exact) mass is 433 g/mol. The molecule has 0 bridgehead atoms. The Kier molecular flexibility index (Phi) is 6.05. The highest BCUT2D eigenvalue weighted by Crippen LogP contribution is 2.29. The predicted octanol–water partition coefficient (Wildman–Crippen LogP) is 5.05. The Balaban J connectivity index is 1.69. The van der Waals surface area contributed by atoms with Crippen molar-refractivity contribution in [3.05, 3.63) is 89.6 Å². The number of benzene rings is 2. The molecule has 0 radical (unpaired) electrons. The summed E-state index contributed by atoms with van der Waals surface area (Å²) in [6, 6.07) is 11.3. The van der Waals surface area contributed by atoms with Crippen LogP contribution >= 0.6 is 22.9 Å². The van der Waals surface area contributed by atoms with Crippen LogP contribution in [0.3, 0.4) is 0 Å². The van der Waals surface area contributed by atoms with Crippen LogP contribution < -0.4 is 10.1 Å². The second-order valence-corrected chi connectivity index (χ2v) is 7.03. The summed E-state index contributed by atoms with van der Waals surface area (Å²) in [6.45, 7) is 0.0339. The molecule has 3 aromatic rings. The maximum atomic E-state index is 12.4. The summed E-state index contributed by atoms with van der Waals surface area (Å²) in [5.41, 5.74) is 0.413. The van der Waals surface area contributed by atoms with Gasteiger partial charge in [0, 0.05) is 23.8 Å². The van der Waals surface area contributed by atoms with Crippen LogP contribution in [0.5, 0.6) is 5.75 Å². The number of anilines is 1. The summed E-state index contributed by atoms with van der Waals surface area (Å²) in [5.74, 6) is -0.368. The Morgan fingerprint density at radius 1 is 1.10 bits per heavy atom. The molecule has 29 heavy (non-hydrogen) atoms. The first-order valence-corrected chi connectivity index (χ1v) is 9.30. The number of rotatable bonds is 7. The van der Waals surface area contributed by atoms with Gasteiger partial charge in [-0.1, -0.05) is 23.7 Å². The number of non-ortho nitro benzene ring substituents is 1. The molecule has 0 saturated heterocycles. The Morgan fingerprint density at radius 3 is 2.59 bits per heavy atom. The number of carbonyl (C=O) groups excluding carboxylic acids is 1. The minimum Gasteiger partial charge on any atom is -0.482 e. The Labute approximate surface area is 172 Å². The first-order chi connectivity index (χ1) is 13.8. The van der Waals surface area contributed by atoms with E-state index in [0.29, 0.717) is 10.4 Å². The average Bonchev–Trinajstić information content (AvgIpc) is 3.17. The van der Waals surface area contributed by atoms with E-state index in [1.807, 2.05) is 0 Å². The number of hydrogen-bond acceptors (Lipinski definition) is 7. The van der Waals surface area contributed by atoms with Gasteiger partial charge in [0.05, 0.1) is 25.4 Å². The summed E-state index contributed by atoms with van der Waals surface area (Å²) >= 11 is 7.12. The van der Waals surface area contributed by atoms with Crippen molar-refractivity contribution >= 4 is 45.9 Å². The van der Waals surface area contributed by atoms with Crippen LogP contribution in [-0.4, -0.2) is 15.8 Å². The standard InChI is InChI=1S/C18H12ClN3O6S/c19-13-6-5-12(21(24)25)8-14(13)20-18(23)17-7-11(10-29-17)9-28-16-4-2-1-3-15(16)22(26)27/h1-8,10H,9H2,(H,20,23). The SMILES string of the molecule is O=C(Nc1cc([N+](=O)[O-])ccc1Cl)c1cc(COc2ccccc2[N+](=O)[O-])cs1. The smallest absolute Gasteiger partial charge is 0.310 e. The molecule has 148 valence electrons. The molecule has 0 aliphatic carbocycles. The summed E-state index contributed by atoms with van der Waals surface area (Å²) in [4.78, 5) is 33.5. The number of nitrogens with zero attached hydrogens (tertiary/aromatic N) is 2. The molecular weight excluding hydrogens is 422 g/mol. The van der Waals surface area contributed by atoms with Crippen molar-refractivity contribution in [2.45, 2.75) is 6.61 Å². The zero-order valence-electron chi connectivity index (χ0n) is 14.5. The fraction of sp³-hybridized carbons (Fsp3) is 0.0556. The molecule has 1 heterocycles. The Morgan fingerprint density at radius 2 is 1.86 bits per heavy atom. The Bertz CT molecular complexity index is 1100. The lowest BCUT2D eigenvalue weighted by atomic mass is 10.2. The van der Waals surface area contributed by atoms with Crippen LogP contribution in [0.25, 0.3) is 0 Å². The molecule has 11 heteroatoms. The molecule has 0 aliphatic heterocycles. The number of hydrogen-bond donors (Lipinski definition) is 1. The normalized spacial score (nSPS) is 10.4. The molecular formula is C18H12ClN3O6S. The van der Waals surface area contributed by atoms with Gasteiger partial charge in [-0.2, -0.15) is 0 Å². The average molecular weight is 434 g/mol. The van der Waals surface area contributed by atoms with E-state index in [4.69, 9.17) is 16.3 Å². The molecule has 0 spiro atoms. The first kappa shape index (κ1) is 20.2. The summed E-state index contributed by atoms with van der Waals surface area (Å²) < 4.78 is 5.49. The largest absolute Gasteiger partial charge is 0.482 e. The lowest BCUT2D eigenvalue weighted by Gasteiger charge is -2.06. The van der Waals surface area contributed by atoms with E-state index in [1.165, 1.54) is 36.4 Å². The van der Waals surface area contributed by atoms with Gasteiger partial charge in [0.2, 0.25) is 0 Å². The third kappa shape index (κ3) is 4.86. The Hall–Kier alpha value is -3.50. The van der Waals surface area contributed by atoms with Gasteiger partial charge in [0.25, 0.3) is 11.6 Å². The zero-order valence-corrected chi connectivity index (χ0v) is 16.1. The summed E-state index contributed by atoms with van der Waals surface area (Å²) in [5, 5.41) is 26.3. The highest BCUT2D eigenvalue weighted by Gasteiger charge is 2.16. The molecule has 0 unspecified atom stereocenters. The lowest BCUT2D eigenvalue weighted by Crippen LogP contribution is -2.10. The van der Waals surface area contributed by atoms with E-state index in [1.54, 1.807) is 17.5 Å². The maximum Gasteiger partial charge on any atom is 0.310 e.